The smallest absolute Gasteiger partial charge is 0.268 e. The minimum Gasteiger partial charge on any atom is -0.756 e. The lowest BCUT2D eigenvalue weighted by molar-refractivity contribution is -0.241. The highest BCUT2D eigenvalue weighted by Crippen LogP contribution is 2.43. The van der Waals surface area contributed by atoms with Gasteiger partial charge in [-0.1, -0.05) is 0 Å². The average molecular weight is 429 g/mol. The largest absolute Gasteiger partial charge is 0.756 e. The topological polar surface area (TPSA) is 207 Å². The second-order valence-electron chi connectivity index (χ2n) is 4.89. The van der Waals surface area contributed by atoms with E-state index in [1.54, 1.807) is 0 Å². The van der Waals surface area contributed by atoms with Crippen LogP contribution in [-0.2, 0) is 36.3 Å². The van der Waals surface area contributed by atoms with Crippen molar-refractivity contribution in [3.8, 4) is 0 Å². The molecule has 0 rings (SSSR count). The summed E-state index contributed by atoms with van der Waals surface area (Å²) in [6.45, 7) is 1.45. The molecule has 0 heterocycles. The van der Waals surface area contributed by atoms with Crippen molar-refractivity contribution in [1.82, 2.24) is 0 Å². The van der Waals surface area contributed by atoms with Crippen LogP contribution in [0, 0.1) is 0 Å². The SMILES string of the molecule is C[C@@H](COP(=O)([O-])O[C@@H](C)COP(=O)([O-])O[C@@H](C)CO)OP(=O)([O-])O. The van der Waals surface area contributed by atoms with E-state index in [1.807, 2.05) is 0 Å². The van der Waals surface area contributed by atoms with E-state index in [0.717, 1.165) is 13.8 Å². The fourth-order valence-corrected chi connectivity index (χ4v) is 3.65. The Kier molecular flexibility index (Phi) is 10.7. The van der Waals surface area contributed by atoms with Gasteiger partial charge in [0.15, 0.2) is 0 Å². The third kappa shape index (κ3) is 14.1. The van der Waals surface area contributed by atoms with Crippen molar-refractivity contribution >= 4 is 23.5 Å². The van der Waals surface area contributed by atoms with Gasteiger partial charge < -0.3 is 47.3 Å². The van der Waals surface area contributed by atoms with Crippen LogP contribution in [0.3, 0.4) is 0 Å². The van der Waals surface area contributed by atoms with Gasteiger partial charge in [0.2, 0.25) is 0 Å². The van der Waals surface area contributed by atoms with E-state index in [4.69, 9.17) is 10.00 Å². The minimum absolute atomic E-state index is 0.574. The highest BCUT2D eigenvalue weighted by molar-refractivity contribution is 7.46. The Morgan fingerprint density at radius 1 is 0.800 bits per heavy atom. The van der Waals surface area contributed by atoms with Crippen molar-refractivity contribution < 1.29 is 61.0 Å². The molecule has 0 saturated heterocycles. The molecule has 0 bridgehead atoms. The molecule has 0 amide bonds. The normalized spacial score (nSPS) is 23.0. The van der Waals surface area contributed by atoms with Crippen LogP contribution >= 0.6 is 23.5 Å². The van der Waals surface area contributed by atoms with Gasteiger partial charge in [-0.3, -0.25) is 13.7 Å². The lowest BCUT2D eigenvalue weighted by Gasteiger charge is -2.30. The molecule has 16 heteroatoms. The predicted octanol–water partition coefficient (Wildman–Crippen LogP) is -1.38. The van der Waals surface area contributed by atoms with Crippen LogP contribution in [0.15, 0.2) is 0 Å². The molecule has 0 saturated carbocycles. The fourth-order valence-electron chi connectivity index (χ4n) is 1.22. The van der Waals surface area contributed by atoms with Gasteiger partial charge in [0.05, 0.1) is 38.1 Å². The summed E-state index contributed by atoms with van der Waals surface area (Å²) in [5.41, 5.74) is 0. The maximum absolute atomic E-state index is 11.5. The number of aliphatic hydroxyl groups is 1. The van der Waals surface area contributed by atoms with Crippen molar-refractivity contribution in [3.63, 3.8) is 0 Å². The zero-order chi connectivity index (χ0) is 19.9. The van der Waals surface area contributed by atoms with E-state index >= 15 is 0 Å². The van der Waals surface area contributed by atoms with E-state index in [0.29, 0.717) is 0 Å². The maximum Gasteiger partial charge on any atom is 0.268 e. The van der Waals surface area contributed by atoms with Gasteiger partial charge in [0, 0.05) is 0 Å². The third-order valence-corrected chi connectivity index (χ3v) is 4.92. The Morgan fingerprint density at radius 2 is 1.16 bits per heavy atom. The van der Waals surface area contributed by atoms with Crippen LogP contribution in [0.1, 0.15) is 20.8 Å². The van der Waals surface area contributed by atoms with Crippen molar-refractivity contribution in [2.75, 3.05) is 19.8 Å². The molecule has 25 heavy (non-hydrogen) atoms. The lowest BCUT2D eigenvalue weighted by Crippen LogP contribution is -2.24. The van der Waals surface area contributed by atoms with E-state index in [1.165, 1.54) is 6.92 Å². The van der Waals surface area contributed by atoms with Crippen LogP contribution in [-0.4, -0.2) is 48.1 Å². The van der Waals surface area contributed by atoms with Gasteiger partial charge in [-0.15, -0.1) is 0 Å². The summed E-state index contributed by atoms with van der Waals surface area (Å²) in [4.78, 5) is 41.8. The Hall–Kier alpha value is 0.290. The van der Waals surface area contributed by atoms with Crippen LogP contribution in [0.25, 0.3) is 0 Å². The second-order valence-corrected chi connectivity index (χ2v) is 8.76. The van der Waals surface area contributed by atoms with Gasteiger partial charge in [-0.2, -0.15) is 0 Å². The molecular formula is C9H20O13P3-3. The van der Waals surface area contributed by atoms with Gasteiger partial charge in [-0.25, -0.2) is 0 Å². The molecule has 0 aromatic carbocycles. The first-order chi connectivity index (χ1) is 11.2. The van der Waals surface area contributed by atoms with Crippen molar-refractivity contribution in [1.29, 1.82) is 0 Å². The van der Waals surface area contributed by atoms with Crippen LogP contribution < -0.4 is 14.7 Å². The molecular weight excluding hydrogens is 409 g/mol. The predicted molar refractivity (Wildman–Crippen MR) is 75.7 cm³/mol. The molecule has 3 unspecified atom stereocenters. The van der Waals surface area contributed by atoms with E-state index < -0.39 is 61.6 Å². The quantitative estimate of drug-likeness (QED) is 0.324. The summed E-state index contributed by atoms with van der Waals surface area (Å²) in [7, 11) is -14.8. The molecule has 152 valence electrons. The molecule has 0 aromatic rings. The first-order valence-corrected chi connectivity index (χ1v) is 11.2. The van der Waals surface area contributed by atoms with Gasteiger partial charge >= 0.3 is 0 Å². The zero-order valence-electron chi connectivity index (χ0n) is 13.6. The van der Waals surface area contributed by atoms with E-state index in [9.17, 15) is 28.4 Å². The highest BCUT2D eigenvalue weighted by atomic mass is 31.2. The van der Waals surface area contributed by atoms with Gasteiger partial charge in [0.1, 0.15) is 0 Å². The van der Waals surface area contributed by atoms with Crippen molar-refractivity contribution in [2.45, 2.75) is 39.1 Å². The summed E-state index contributed by atoms with van der Waals surface area (Å²) in [5, 5.41) is 8.68. The first-order valence-electron chi connectivity index (χ1n) is 6.77. The van der Waals surface area contributed by atoms with Crippen molar-refractivity contribution in [3.05, 3.63) is 0 Å². The highest BCUT2D eigenvalue weighted by Gasteiger charge is 2.21. The van der Waals surface area contributed by atoms with Gasteiger partial charge in [0.25, 0.3) is 23.5 Å². The molecule has 0 aliphatic carbocycles. The van der Waals surface area contributed by atoms with E-state index in [-0.39, 0.29) is 0 Å². The van der Waals surface area contributed by atoms with Crippen LogP contribution in [0.5, 0.6) is 0 Å². The molecule has 0 aliphatic heterocycles. The van der Waals surface area contributed by atoms with Crippen LogP contribution in [0.2, 0.25) is 0 Å². The summed E-state index contributed by atoms with van der Waals surface area (Å²) in [6, 6.07) is 0. The van der Waals surface area contributed by atoms with E-state index in [2.05, 4.69) is 22.6 Å². The zero-order valence-corrected chi connectivity index (χ0v) is 16.3. The second kappa shape index (κ2) is 10.6. The number of hydrogen-bond acceptors (Lipinski definition) is 12. The minimum atomic E-state index is -5.06. The lowest BCUT2D eigenvalue weighted by atomic mass is 10.5. The number of rotatable bonds is 13. The molecule has 13 nitrogen and oxygen atoms in total. The molecule has 6 atom stereocenters. The maximum atomic E-state index is 11.5. The first kappa shape index (κ1) is 25.3. The van der Waals surface area contributed by atoms with Crippen LogP contribution in [0.4, 0.5) is 0 Å². The van der Waals surface area contributed by atoms with Gasteiger partial charge in [-0.05, 0) is 20.8 Å². The van der Waals surface area contributed by atoms with Crippen molar-refractivity contribution in [2.24, 2.45) is 0 Å². The summed E-state index contributed by atoms with van der Waals surface area (Å²) in [6.07, 6.45) is -3.65. The molecule has 0 spiro atoms. The molecule has 0 fully saturated rings. The fraction of sp³-hybridized carbons (Fsp3) is 1.00. The Balaban J connectivity index is 4.34. The Bertz CT molecular complexity index is 533. The molecule has 0 aliphatic rings. The Morgan fingerprint density at radius 3 is 1.52 bits per heavy atom. The molecule has 0 radical (unpaired) electrons. The standard InChI is InChI=1S/C9H23O13P3/c1-7(4-10)21-24(14,15)19-6-9(3)22-25(16,17)18-5-8(2)20-23(11,12)13/h7-10H,4-6H2,1-3H3,(H,14,15)(H,16,17)(H2,11,12,13)/p-3/t7-,8-,9-/m0/s1. The molecule has 0 aromatic heterocycles. The summed E-state index contributed by atoms with van der Waals surface area (Å²) < 4.78 is 55.0. The number of phosphoric ester groups is 3. The number of hydrogen-bond donors (Lipinski definition) is 2. The summed E-state index contributed by atoms with van der Waals surface area (Å²) >= 11 is 0. The number of phosphoric acid groups is 3. The summed E-state index contributed by atoms with van der Waals surface area (Å²) in [5.74, 6) is 0. The third-order valence-electron chi connectivity index (χ3n) is 2.12. The average Bonchev–Trinajstić information content (AvgIpc) is 2.40. The Labute approximate surface area is 144 Å². The number of aliphatic hydroxyl groups excluding tert-OH is 1. The molecule has 2 N–H and O–H groups in total. The monoisotopic (exact) mass is 429 g/mol.